The van der Waals surface area contributed by atoms with Crippen molar-refractivity contribution in [1.82, 2.24) is 0 Å². The third-order valence-corrected chi connectivity index (χ3v) is 4.22. The molecule has 0 spiro atoms. The van der Waals surface area contributed by atoms with Gasteiger partial charge in [0, 0.05) is 23.5 Å². The number of aromatic hydroxyl groups is 1. The number of hydrogen-bond acceptors (Lipinski definition) is 4. The van der Waals surface area contributed by atoms with Gasteiger partial charge in [-0.2, -0.15) is 13.2 Å². The lowest BCUT2D eigenvalue weighted by Crippen LogP contribution is -2.34. The van der Waals surface area contributed by atoms with Crippen molar-refractivity contribution in [2.75, 3.05) is 5.32 Å². The lowest BCUT2D eigenvalue weighted by atomic mass is 10.0. The van der Waals surface area contributed by atoms with Gasteiger partial charge in [-0.1, -0.05) is 19.9 Å². The Morgan fingerprint density at radius 2 is 1.93 bits per heavy atom. The number of hydrogen-bond donors (Lipinski definition) is 3. The fourth-order valence-electron chi connectivity index (χ4n) is 2.69. The predicted molar refractivity (Wildman–Crippen MR) is 105 cm³/mol. The highest BCUT2D eigenvalue weighted by Gasteiger charge is 2.34. The van der Waals surface area contributed by atoms with Gasteiger partial charge in [-0.05, 0) is 49.1 Å². The van der Waals surface area contributed by atoms with Gasteiger partial charge in [0.1, 0.15) is 11.5 Å². The Hall–Kier alpha value is -3.03. The minimum atomic E-state index is -4.65. The number of phenolic OH excluding ortho intramolecular Hbond substituents is 1. The number of alkyl halides is 3. The number of benzene rings is 2. The van der Waals surface area contributed by atoms with Crippen LogP contribution in [-0.2, 0) is 11.0 Å². The molecule has 2 aromatic carbocycles. The molecule has 29 heavy (non-hydrogen) atoms. The van der Waals surface area contributed by atoms with Gasteiger partial charge >= 0.3 is 6.18 Å². The maximum Gasteiger partial charge on any atom is 0.417 e. The average Bonchev–Trinajstić information content (AvgIpc) is 2.63. The topological polar surface area (TPSA) is 82.4 Å². The number of carbonyl (C=O) groups is 1. The first kappa shape index (κ1) is 22.3. The summed E-state index contributed by atoms with van der Waals surface area (Å²) < 4.78 is 45.3. The van der Waals surface area contributed by atoms with Crippen LogP contribution in [0.1, 0.15) is 37.0 Å². The van der Waals surface area contributed by atoms with E-state index in [0.717, 1.165) is 12.1 Å². The second kappa shape index (κ2) is 8.98. The van der Waals surface area contributed by atoms with Crippen molar-refractivity contribution in [2.24, 2.45) is 5.92 Å². The molecule has 3 N–H and O–H groups in total. The Bertz CT molecular complexity index is 895. The van der Waals surface area contributed by atoms with E-state index >= 15 is 0 Å². The number of carbonyl (C=O) groups excluding carboxylic acids is 1. The first-order valence-corrected chi connectivity index (χ1v) is 9.00. The van der Waals surface area contributed by atoms with Crippen LogP contribution in [0.3, 0.4) is 0 Å². The normalized spacial score (nSPS) is 12.5. The Labute approximate surface area is 167 Å². The highest BCUT2D eigenvalue weighted by molar-refractivity contribution is 5.94. The SMILES string of the molecule is Cc1ccc(NC(=O)C(CC(C)C)Oc2ccc(C=N)c(C(F)(F)F)c2)cc1O. The van der Waals surface area contributed by atoms with E-state index in [-0.39, 0.29) is 29.4 Å². The van der Waals surface area contributed by atoms with Gasteiger partial charge in [-0.3, -0.25) is 4.79 Å². The molecule has 0 fully saturated rings. The van der Waals surface area contributed by atoms with Crippen molar-refractivity contribution in [1.29, 1.82) is 5.41 Å². The summed E-state index contributed by atoms with van der Waals surface area (Å²) in [6.07, 6.45) is -4.79. The largest absolute Gasteiger partial charge is 0.508 e. The zero-order chi connectivity index (χ0) is 21.8. The summed E-state index contributed by atoms with van der Waals surface area (Å²) in [5.41, 5.74) is -0.295. The lowest BCUT2D eigenvalue weighted by Gasteiger charge is -2.21. The highest BCUT2D eigenvalue weighted by atomic mass is 19.4. The first-order chi connectivity index (χ1) is 13.5. The Balaban J connectivity index is 2.27. The van der Waals surface area contributed by atoms with Crippen LogP contribution in [0, 0.1) is 18.3 Å². The third-order valence-electron chi connectivity index (χ3n) is 4.22. The minimum absolute atomic E-state index is 0.0150. The monoisotopic (exact) mass is 408 g/mol. The number of halogens is 3. The third kappa shape index (κ3) is 5.97. The number of nitrogens with one attached hydrogen (secondary N) is 2. The number of ether oxygens (including phenoxy) is 1. The summed E-state index contributed by atoms with van der Waals surface area (Å²) >= 11 is 0. The zero-order valence-corrected chi connectivity index (χ0v) is 16.3. The smallest absolute Gasteiger partial charge is 0.417 e. The van der Waals surface area contributed by atoms with Crippen LogP contribution in [0.2, 0.25) is 0 Å². The maximum atomic E-state index is 13.2. The van der Waals surface area contributed by atoms with Gasteiger partial charge in [0.15, 0.2) is 6.10 Å². The Morgan fingerprint density at radius 3 is 2.48 bits per heavy atom. The molecule has 2 rings (SSSR count). The second-order valence-electron chi connectivity index (χ2n) is 7.12. The Morgan fingerprint density at radius 1 is 1.24 bits per heavy atom. The van der Waals surface area contributed by atoms with Crippen molar-refractivity contribution in [3.05, 3.63) is 53.1 Å². The lowest BCUT2D eigenvalue weighted by molar-refractivity contribution is -0.137. The summed E-state index contributed by atoms with van der Waals surface area (Å²) in [5.74, 6) is -0.594. The molecular formula is C21H23F3N2O3. The molecule has 8 heteroatoms. The molecule has 1 amide bonds. The van der Waals surface area contributed by atoms with Crippen molar-refractivity contribution in [3.8, 4) is 11.5 Å². The second-order valence-corrected chi connectivity index (χ2v) is 7.12. The average molecular weight is 408 g/mol. The van der Waals surface area contributed by atoms with E-state index in [4.69, 9.17) is 10.1 Å². The van der Waals surface area contributed by atoms with Crippen molar-refractivity contribution >= 4 is 17.8 Å². The van der Waals surface area contributed by atoms with Crippen LogP contribution >= 0.6 is 0 Å². The van der Waals surface area contributed by atoms with Crippen LogP contribution in [0.15, 0.2) is 36.4 Å². The standard InChI is InChI=1S/C21H23F3N2O3/c1-12(2)8-19(20(28)26-15-6-4-13(3)18(27)9-15)29-16-7-5-14(11-25)17(10-16)21(22,23)24/h4-7,9-12,19,25,27H,8H2,1-3H3,(H,26,28). The number of phenols is 1. The maximum absolute atomic E-state index is 13.2. The molecule has 0 aliphatic heterocycles. The van der Waals surface area contributed by atoms with Crippen LogP contribution in [-0.4, -0.2) is 23.3 Å². The molecule has 0 radical (unpaired) electrons. The van der Waals surface area contributed by atoms with Crippen molar-refractivity contribution in [2.45, 2.75) is 39.5 Å². The summed E-state index contributed by atoms with van der Waals surface area (Å²) in [7, 11) is 0. The molecule has 0 aliphatic carbocycles. The molecular weight excluding hydrogens is 385 g/mol. The minimum Gasteiger partial charge on any atom is -0.508 e. The summed E-state index contributed by atoms with van der Waals surface area (Å²) in [4.78, 5) is 12.7. The molecule has 5 nitrogen and oxygen atoms in total. The van der Waals surface area contributed by atoms with Gasteiger partial charge in [-0.15, -0.1) is 0 Å². The highest BCUT2D eigenvalue weighted by Crippen LogP contribution is 2.34. The summed E-state index contributed by atoms with van der Waals surface area (Å²) in [5, 5.41) is 19.5. The van der Waals surface area contributed by atoms with E-state index in [9.17, 15) is 23.1 Å². The molecule has 1 unspecified atom stereocenters. The van der Waals surface area contributed by atoms with E-state index in [2.05, 4.69) is 5.32 Å². The zero-order valence-electron chi connectivity index (χ0n) is 16.3. The van der Waals surface area contributed by atoms with Crippen LogP contribution < -0.4 is 10.1 Å². The molecule has 0 bridgehead atoms. The molecule has 0 aromatic heterocycles. The summed E-state index contributed by atoms with van der Waals surface area (Å²) in [6.45, 7) is 5.43. The fourth-order valence-corrected chi connectivity index (χ4v) is 2.69. The van der Waals surface area contributed by atoms with Gasteiger partial charge in [-0.25, -0.2) is 0 Å². The molecule has 0 aliphatic rings. The molecule has 156 valence electrons. The fraction of sp³-hybridized carbons (Fsp3) is 0.333. The van der Waals surface area contributed by atoms with Crippen LogP contribution in [0.4, 0.5) is 18.9 Å². The van der Waals surface area contributed by atoms with E-state index in [1.165, 1.54) is 12.1 Å². The van der Waals surface area contributed by atoms with Gasteiger partial charge in [0.25, 0.3) is 5.91 Å². The number of anilines is 1. The van der Waals surface area contributed by atoms with Crippen molar-refractivity contribution < 1.29 is 27.8 Å². The molecule has 0 heterocycles. The quantitative estimate of drug-likeness (QED) is 0.554. The summed E-state index contributed by atoms with van der Waals surface area (Å²) in [6, 6.07) is 7.86. The number of rotatable bonds is 7. The van der Waals surface area contributed by atoms with E-state index in [0.29, 0.717) is 17.5 Å². The first-order valence-electron chi connectivity index (χ1n) is 9.00. The molecule has 0 saturated carbocycles. The van der Waals surface area contributed by atoms with Gasteiger partial charge < -0.3 is 20.6 Å². The van der Waals surface area contributed by atoms with E-state index < -0.39 is 23.8 Å². The molecule has 0 saturated heterocycles. The van der Waals surface area contributed by atoms with E-state index in [1.54, 1.807) is 19.1 Å². The van der Waals surface area contributed by atoms with E-state index in [1.807, 2.05) is 13.8 Å². The predicted octanol–water partition coefficient (Wildman–Crippen LogP) is 5.15. The van der Waals surface area contributed by atoms with Crippen LogP contribution in [0.5, 0.6) is 11.5 Å². The molecule has 1 atom stereocenters. The van der Waals surface area contributed by atoms with Gasteiger partial charge in [0.05, 0.1) is 5.56 Å². The van der Waals surface area contributed by atoms with Crippen LogP contribution in [0.25, 0.3) is 0 Å². The molecule has 2 aromatic rings. The number of aryl methyl sites for hydroxylation is 1. The Kier molecular flexibility index (Phi) is 6.89. The number of amides is 1. The van der Waals surface area contributed by atoms with Gasteiger partial charge in [0.2, 0.25) is 0 Å². The van der Waals surface area contributed by atoms with Crippen molar-refractivity contribution in [3.63, 3.8) is 0 Å².